The summed E-state index contributed by atoms with van der Waals surface area (Å²) in [6, 6.07) is 3.94. The first-order chi connectivity index (χ1) is 12.0. The lowest BCUT2D eigenvalue weighted by atomic mass is 10.0. The number of carbonyl (C=O) groups is 1. The minimum absolute atomic E-state index is 0.221. The number of carbonyl (C=O) groups excluding carboxylic acids is 1. The fourth-order valence-electron chi connectivity index (χ4n) is 2.70. The Morgan fingerprint density at radius 2 is 2.00 bits per heavy atom. The number of morpholine rings is 1. The summed E-state index contributed by atoms with van der Waals surface area (Å²) in [6.45, 7) is 6.30. The van der Waals surface area contributed by atoms with Crippen molar-refractivity contribution in [2.75, 3.05) is 26.8 Å². The molecule has 0 aromatic heterocycles. The van der Waals surface area contributed by atoms with Crippen LogP contribution in [0, 0.1) is 0 Å². The maximum Gasteiger partial charge on any atom is 0.419 e. The van der Waals surface area contributed by atoms with Gasteiger partial charge < -0.3 is 19.1 Å². The Morgan fingerprint density at radius 3 is 2.58 bits per heavy atom. The summed E-state index contributed by atoms with van der Waals surface area (Å²) in [7, 11) is 1.20. The molecule has 1 aliphatic heterocycles. The van der Waals surface area contributed by atoms with E-state index in [1.54, 1.807) is 26.8 Å². The molecule has 0 aliphatic carbocycles. The van der Waals surface area contributed by atoms with Gasteiger partial charge in [0.1, 0.15) is 11.4 Å². The zero-order valence-corrected chi connectivity index (χ0v) is 15.4. The van der Waals surface area contributed by atoms with E-state index >= 15 is 0 Å². The number of halogens is 3. The summed E-state index contributed by atoms with van der Waals surface area (Å²) >= 11 is 0. The molecule has 1 saturated heterocycles. The fraction of sp³-hybridized carbons (Fsp3) is 0.611. The summed E-state index contributed by atoms with van der Waals surface area (Å²) < 4.78 is 55.2. The first-order valence-corrected chi connectivity index (χ1v) is 8.33. The number of rotatable bonds is 3. The lowest BCUT2D eigenvalue weighted by molar-refractivity contribution is -0.138. The first-order valence-electron chi connectivity index (χ1n) is 8.33. The SMILES string of the molecule is COc1ccc(CC2CN(C(=O)OC(C)(C)C)CCO2)cc1C(F)(F)F. The van der Waals surface area contributed by atoms with E-state index in [1.807, 2.05) is 0 Å². The number of hydrogen-bond donors (Lipinski definition) is 0. The van der Waals surface area contributed by atoms with Gasteiger partial charge in [-0.25, -0.2) is 4.79 Å². The van der Waals surface area contributed by atoms with Gasteiger partial charge in [0.05, 0.1) is 31.9 Å². The number of amides is 1. The average Bonchev–Trinajstić information content (AvgIpc) is 2.52. The molecule has 0 N–H and O–H groups in total. The van der Waals surface area contributed by atoms with Gasteiger partial charge in [-0.2, -0.15) is 13.2 Å². The molecule has 1 fully saturated rings. The molecule has 0 saturated carbocycles. The summed E-state index contributed by atoms with van der Waals surface area (Å²) in [5.74, 6) is -0.221. The number of benzene rings is 1. The molecular weight excluding hydrogens is 351 g/mol. The van der Waals surface area contributed by atoms with Crippen molar-refractivity contribution in [3.8, 4) is 5.75 Å². The highest BCUT2D eigenvalue weighted by Crippen LogP contribution is 2.37. The van der Waals surface area contributed by atoms with E-state index in [0.29, 0.717) is 18.7 Å². The molecule has 1 unspecified atom stereocenters. The molecule has 1 atom stereocenters. The van der Waals surface area contributed by atoms with E-state index in [2.05, 4.69) is 0 Å². The molecule has 0 spiro atoms. The number of alkyl halides is 3. The quantitative estimate of drug-likeness (QED) is 0.804. The molecule has 8 heteroatoms. The second-order valence-corrected chi connectivity index (χ2v) is 7.16. The van der Waals surface area contributed by atoms with Crippen LogP contribution in [0.4, 0.5) is 18.0 Å². The molecule has 5 nitrogen and oxygen atoms in total. The fourth-order valence-corrected chi connectivity index (χ4v) is 2.70. The summed E-state index contributed by atoms with van der Waals surface area (Å²) in [5.41, 5.74) is -0.964. The highest BCUT2D eigenvalue weighted by Gasteiger charge is 2.35. The lowest BCUT2D eigenvalue weighted by Crippen LogP contribution is -2.48. The Morgan fingerprint density at radius 1 is 1.31 bits per heavy atom. The first kappa shape index (κ1) is 20.4. The molecule has 1 heterocycles. The topological polar surface area (TPSA) is 48.0 Å². The van der Waals surface area contributed by atoms with E-state index in [1.165, 1.54) is 18.1 Å². The van der Waals surface area contributed by atoms with Crippen molar-refractivity contribution in [2.24, 2.45) is 0 Å². The zero-order chi connectivity index (χ0) is 19.5. The maximum absolute atomic E-state index is 13.1. The van der Waals surface area contributed by atoms with Crippen molar-refractivity contribution in [3.63, 3.8) is 0 Å². The average molecular weight is 375 g/mol. The van der Waals surface area contributed by atoms with Crippen LogP contribution in [0.25, 0.3) is 0 Å². The van der Waals surface area contributed by atoms with Gasteiger partial charge in [0.2, 0.25) is 0 Å². The van der Waals surface area contributed by atoms with Gasteiger partial charge in [-0.1, -0.05) is 6.07 Å². The van der Waals surface area contributed by atoms with Crippen molar-refractivity contribution in [2.45, 2.75) is 45.1 Å². The highest BCUT2D eigenvalue weighted by molar-refractivity contribution is 5.68. The van der Waals surface area contributed by atoms with Crippen LogP contribution in [0.2, 0.25) is 0 Å². The Bertz CT molecular complexity index is 640. The van der Waals surface area contributed by atoms with Crippen LogP contribution in [0.15, 0.2) is 18.2 Å². The maximum atomic E-state index is 13.1. The van der Waals surface area contributed by atoms with Crippen LogP contribution >= 0.6 is 0 Å². The van der Waals surface area contributed by atoms with Crippen LogP contribution in [-0.2, 0) is 22.1 Å². The minimum atomic E-state index is -4.50. The monoisotopic (exact) mass is 375 g/mol. The Labute approximate surface area is 151 Å². The van der Waals surface area contributed by atoms with Crippen molar-refractivity contribution in [1.82, 2.24) is 4.90 Å². The van der Waals surface area contributed by atoms with E-state index in [-0.39, 0.29) is 18.7 Å². The van der Waals surface area contributed by atoms with Crippen molar-refractivity contribution in [3.05, 3.63) is 29.3 Å². The van der Waals surface area contributed by atoms with Crippen LogP contribution < -0.4 is 4.74 Å². The van der Waals surface area contributed by atoms with E-state index in [4.69, 9.17) is 14.2 Å². The van der Waals surface area contributed by atoms with Crippen molar-refractivity contribution >= 4 is 6.09 Å². The molecule has 2 rings (SSSR count). The molecule has 1 aromatic carbocycles. The Kier molecular flexibility index (Phi) is 6.05. The predicted octanol–water partition coefficient (Wildman–Crippen LogP) is 3.89. The zero-order valence-electron chi connectivity index (χ0n) is 15.4. The van der Waals surface area contributed by atoms with Crippen LogP contribution in [0.3, 0.4) is 0 Å². The van der Waals surface area contributed by atoms with Crippen LogP contribution in [0.1, 0.15) is 31.9 Å². The molecule has 1 amide bonds. The molecule has 0 radical (unpaired) electrons. The van der Waals surface area contributed by atoms with E-state index in [0.717, 1.165) is 6.07 Å². The molecule has 26 heavy (non-hydrogen) atoms. The summed E-state index contributed by atoms with van der Waals surface area (Å²) in [5, 5.41) is 0. The van der Waals surface area contributed by atoms with Gasteiger partial charge in [-0.15, -0.1) is 0 Å². The number of methoxy groups -OCH3 is 1. The number of ether oxygens (including phenoxy) is 3. The van der Waals surface area contributed by atoms with Gasteiger partial charge in [0.25, 0.3) is 0 Å². The van der Waals surface area contributed by atoms with Gasteiger partial charge in [-0.05, 0) is 38.5 Å². The standard InChI is InChI=1S/C18H24F3NO4/c1-17(2,3)26-16(23)22-7-8-25-13(11-22)9-12-5-6-15(24-4)14(10-12)18(19,20)21/h5-6,10,13H,7-9,11H2,1-4H3. The third-order valence-electron chi connectivity index (χ3n) is 3.82. The largest absolute Gasteiger partial charge is 0.496 e. The molecule has 1 aromatic rings. The van der Waals surface area contributed by atoms with Gasteiger partial charge >= 0.3 is 12.3 Å². The minimum Gasteiger partial charge on any atom is -0.496 e. The second-order valence-electron chi connectivity index (χ2n) is 7.16. The van der Waals surface area contributed by atoms with Gasteiger partial charge in [0.15, 0.2) is 0 Å². The number of nitrogens with zero attached hydrogens (tertiary/aromatic N) is 1. The molecular formula is C18H24F3NO4. The van der Waals surface area contributed by atoms with E-state index in [9.17, 15) is 18.0 Å². The van der Waals surface area contributed by atoms with Crippen molar-refractivity contribution < 1.29 is 32.2 Å². The molecule has 0 bridgehead atoms. The van der Waals surface area contributed by atoms with Crippen LogP contribution in [-0.4, -0.2) is 49.5 Å². The number of hydrogen-bond acceptors (Lipinski definition) is 4. The Hall–Kier alpha value is -1.96. The van der Waals surface area contributed by atoms with Gasteiger partial charge in [-0.3, -0.25) is 0 Å². The third kappa shape index (κ3) is 5.52. The van der Waals surface area contributed by atoms with E-state index < -0.39 is 29.5 Å². The smallest absolute Gasteiger partial charge is 0.419 e. The molecule has 146 valence electrons. The molecule has 1 aliphatic rings. The Balaban J connectivity index is 2.07. The third-order valence-corrected chi connectivity index (χ3v) is 3.82. The normalized spacial score (nSPS) is 18.6. The van der Waals surface area contributed by atoms with Crippen LogP contribution in [0.5, 0.6) is 5.75 Å². The lowest BCUT2D eigenvalue weighted by Gasteiger charge is -2.34. The predicted molar refractivity (Wildman–Crippen MR) is 89.2 cm³/mol. The van der Waals surface area contributed by atoms with Crippen molar-refractivity contribution in [1.29, 1.82) is 0 Å². The summed E-state index contributed by atoms with van der Waals surface area (Å²) in [4.78, 5) is 13.7. The summed E-state index contributed by atoms with van der Waals surface area (Å²) in [6.07, 6.45) is -5.09. The highest BCUT2D eigenvalue weighted by atomic mass is 19.4. The van der Waals surface area contributed by atoms with Gasteiger partial charge in [0, 0.05) is 13.0 Å². The second kappa shape index (κ2) is 7.73.